The van der Waals surface area contributed by atoms with Gasteiger partial charge in [-0.1, -0.05) is 15.9 Å². The van der Waals surface area contributed by atoms with Crippen LogP contribution in [0.3, 0.4) is 0 Å². The first-order valence-electron chi connectivity index (χ1n) is 5.36. The van der Waals surface area contributed by atoms with Crippen LogP contribution >= 0.6 is 15.9 Å². The van der Waals surface area contributed by atoms with Gasteiger partial charge in [-0.05, 0) is 32.1 Å². The van der Waals surface area contributed by atoms with Gasteiger partial charge in [-0.3, -0.25) is 10.1 Å². The molecular formula is C11H16BrN3O2. The van der Waals surface area contributed by atoms with Gasteiger partial charge in [0.1, 0.15) is 5.69 Å². The van der Waals surface area contributed by atoms with Gasteiger partial charge in [0.25, 0.3) is 5.69 Å². The summed E-state index contributed by atoms with van der Waals surface area (Å²) >= 11 is 3.33. The Hall–Kier alpha value is -1.14. The predicted octanol–water partition coefficient (Wildman–Crippen LogP) is 2.40. The Kier molecular flexibility index (Phi) is 5.37. The van der Waals surface area contributed by atoms with Crippen LogP contribution in [0.2, 0.25) is 0 Å². The topological polar surface area (TPSA) is 58.4 Å². The molecule has 0 saturated carbocycles. The number of nitrogens with one attached hydrogen (secondary N) is 1. The first kappa shape index (κ1) is 13.9. The Bertz CT molecular complexity index is 398. The van der Waals surface area contributed by atoms with Crippen LogP contribution < -0.4 is 10.2 Å². The molecule has 0 aliphatic heterocycles. The van der Waals surface area contributed by atoms with Gasteiger partial charge < -0.3 is 10.2 Å². The lowest BCUT2D eigenvalue weighted by Crippen LogP contribution is -2.23. The van der Waals surface area contributed by atoms with E-state index in [9.17, 15) is 10.1 Å². The van der Waals surface area contributed by atoms with Gasteiger partial charge in [-0.25, -0.2) is 0 Å². The number of halogens is 1. The number of rotatable bonds is 6. The van der Waals surface area contributed by atoms with Gasteiger partial charge in [0.2, 0.25) is 0 Å². The molecule has 1 aromatic rings. The Morgan fingerprint density at radius 1 is 1.53 bits per heavy atom. The summed E-state index contributed by atoms with van der Waals surface area (Å²) in [5.41, 5.74) is 0.778. The van der Waals surface area contributed by atoms with Crippen LogP contribution in [-0.2, 0) is 0 Å². The molecule has 0 saturated heterocycles. The molecule has 1 aromatic carbocycles. The van der Waals surface area contributed by atoms with Crippen LogP contribution in [0.5, 0.6) is 0 Å². The summed E-state index contributed by atoms with van der Waals surface area (Å²) in [7, 11) is 3.76. The Morgan fingerprint density at radius 3 is 2.82 bits per heavy atom. The second-order valence-corrected chi connectivity index (χ2v) is 4.68. The van der Waals surface area contributed by atoms with Gasteiger partial charge in [0, 0.05) is 24.1 Å². The van der Waals surface area contributed by atoms with Crippen LogP contribution in [0.1, 0.15) is 6.42 Å². The largest absolute Gasteiger partial charge is 0.369 e. The maximum atomic E-state index is 10.9. The summed E-state index contributed by atoms with van der Waals surface area (Å²) in [6.07, 6.45) is 0.941. The molecule has 0 atom stereocenters. The zero-order valence-electron chi connectivity index (χ0n) is 9.94. The van der Waals surface area contributed by atoms with E-state index in [1.165, 1.54) is 6.07 Å². The minimum atomic E-state index is -0.351. The highest BCUT2D eigenvalue weighted by molar-refractivity contribution is 9.10. The van der Waals surface area contributed by atoms with Crippen molar-refractivity contribution in [3.63, 3.8) is 0 Å². The minimum Gasteiger partial charge on any atom is -0.369 e. The molecule has 0 aliphatic carbocycles. The molecular weight excluding hydrogens is 286 g/mol. The minimum absolute atomic E-state index is 0.139. The first-order chi connectivity index (χ1) is 8.06. The molecule has 94 valence electrons. The summed E-state index contributed by atoms with van der Waals surface area (Å²) in [5.74, 6) is 0. The van der Waals surface area contributed by atoms with E-state index in [-0.39, 0.29) is 10.6 Å². The van der Waals surface area contributed by atoms with Crippen molar-refractivity contribution < 1.29 is 4.92 Å². The van der Waals surface area contributed by atoms with E-state index in [1.54, 1.807) is 12.1 Å². The van der Waals surface area contributed by atoms with E-state index in [2.05, 4.69) is 21.2 Å². The molecule has 0 amide bonds. The fraction of sp³-hybridized carbons (Fsp3) is 0.455. The second-order valence-electron chi connectivity index (χ2n) is 3.77. The summed E-state index contributed by atoms with van der Waals surface area (Å²) in [5, 5.41) is 14.0. The molecule has 17 heavy (non-hydrogen) atoms. The highest BCUT2D eigenvalue weighted by atomic mass is 79.9. The third-order valence-electron chi connectivity index (χ3n) is 2.47. The van der Waals surface area contributed by atoms with Crippen molar-refractivity contribution in [1.82, 2.24) is 5.32 Å². The summed E-state index contributed by atoms with van der Waals surface area (Å²) in [6, 6.07) is 4.98. The average Bonchev–Trinajstić information content (AvgIpc) is 2.28. The quantitative estimate of drug-likeness (QED) is 0.498. The van der Waals surface area contributed by atoms with Crippen LogP contribution in [0, 0.1) is 10.1 Å². The predicted molar refractivity (Wildman–Crippen MR) is 72.6 cm³/mol. The highest BCUT2D eigenvalue weighted by Gasteiger charge is 2.16. The zero-order chi connectivity index (χ0) is 12.8. The van der Waals surface area contributed by atoms with Gasteiger partial charge in [0.05, 0.1) is 4.92 Å². The number of hydrogen-bond acceptors (Lipinski definition) is 4. The smallest absolute Gasteiger partial charge is 0.292 e. The van der Waals surface area contributed by atoms with Crippen LogP contribution in [-0.4, -0.2) is 32.1 Å². The van der Waals surface area contributed by atoms with Gasteiger partial charge >= 0.3 is 0 Å². The van der Waals surface area contributed by atoms with E-state index in [0.29, 0.717) is 5.69 Å². The molecule has 0 unspecified atom stereocenters. The number of hydrogen-bond donors (Lipinski definition) is 1. The Balaban J connectivity index is 2.86. The number of nitro groups is 1. The zero-order valence-corrected chi connectivity index (χ0v) is 11.5. The summed E-state index contributed by atoms with van der Waals surface area (Å²) < 4.78 is 0.846. The monoisotopic (exact) mass is 301 g/mol. The lowest BCUT2D eigenvalue weighted by Gasteiger charge is -2.19. The van der Waals surface area contributed by atoms with Crippen LogP contribution in [0.25, 0.3) is 0 Å². The van der Waals surface area contributed by atoms with Crippen molar-refractivity contribution in [2.75, 3.05) is 32.1 Å². The molecule has 0 radical (unpaired) electrons. The molecule has 0 aliphatic rings. The van der Waals surface area contributed by atoms with Crippen molar-refractivity contribution in [3.8, 4) is 0 Å². The van der Waals surface area contributed by atoms with Gasteiger partial charge in [-0.15, -0.1) is 0 Å². The Labute approximate surface area is 109 Å². The number of nitrogens with zero attached hydrogens (tertiary/aromatic N) is 2. The average molecular weight is 302 g/mol. The fourth-order valence-corrected chi connectivity index (χ4v) is 1.92. The summed E-state index contributed by atoms with van der Waals surface area (Å²) in [6.45, 7) is 1.67. The van der Waals surface area contributed by atoms with Crippen molar-refractivity contribution in [2.24, 2.45) is 0 Å². The van der Waals surface area contributed by atoms with Gasteiger partial charge in [0.15, 0.2) is 0 Å². The lowest BCUT2D eigenvalue weighted by molar-refractivity contribution is -0.384. The second kappa shape index (κ2) is 6.56. The van der Waals surface area contributed by atoms with Crippen LogP contribution in [0.15, 0.2) is 22.7 Å². The Morgan fingerprint density at radius 2 is 2.24 bits per heavy atom. The normalized spacial score (nSPS) is 10.3. The van der Waals surface area contributed by atoms with Crippen molar-refractivity contribution >= 4 is 27.3 Å². The number of nitro benzene ring substituents is 1. The van der Waals surface area contributed by atoms with Crippen molar-refractivity contribution in [1.29, 1.82) is 0 Å². The standard InChI is InChI=1S/C11H16BrN3O2/c1-13-6-3-7-14(2)11-8-9(12)4-5-10(11)15(16)17/h4-5,8,13H,3,6-7H2,1-2H3. The molecule has 1 N–H and O–H groups in total. The number of anilines is 1. The molecule has 0 bridgehead atoms. The number of benzene rings is 1. The molecule has 0 spiro atoms. The molecule has 0 fully saturated rings. The maximum absolute atomic E-state index is 10.9. The molecule has 5 nitrogen and oxygen atoms in total. The molecule has 0 heterocycles. The molecule has 1 rings (SSSR count). The third-order valence-corrected chi connectivity index (χ3v) is 2.96. The van der Waals surface area contributed by atoms with Gasteiger partial charge in [-0.2, -0.15) is 0 Å². The van der Waals surface area contributed by atoms with E-state index in [1.807, 2.05) is 19.0 Å². The highest BCUT2D eigenvalue weighted by Crippen LogP contribution is 2.30. The van der Waals surface area contributed by atoms with E-state index in [0.717, 1.165) is 24.0 Å². The maximum Gasteiger partial charge on any atom is 0.292 e. The van der Waals surface area contributed by atoms with E-state index in [4.69, 9.17) is 0 Å². The van der Waals surface area contributed by atoms with Crippen molar-refractivity contribution in [2.45, 2.75) is 6.42 Å². The van der Waals surface area contributed by atoms with Crippen LogP contribution in [0.4, 0.5) is 11.4 Å². The lowest BCUT2D eigenvalue weighted by atomic mass is 10.2. The molecule has 6 heteroatoms. The first-order valence-corrected chi connectivity index (χ1v) is 6.15. The van der Waals surface area contributed by atoms with Crippen molar-refractivity contribution in [3.05, 3.63) is 32.8 Å². The van der Waals surface area contributed by atoms with E-state index >= 15 is 0 Å². The molecule has 0 aromatic heterocycles. The third kappa shape index (κ3) is 3.98. The SMILES string of the molecule is CNCCCN(C)c1cc(Br)ccc1[N+](=O)[O-]. The fourth-order valence-electron chi connectivity index (χ4n) is 1.57. The van der Waals surface area contributed by atoms with E-state index < -0.39 is 0 Å². The summed E-state index contributed by atoms with van der Waals surface area (Å²) in [4.78, 5) is 12.5.